The second-order valence-electron chi connectivity index (χ2n) is 4.89. The van der Waals surface area contributed by atoms with Gasteiger partial charge in [0.1, 0.15) is 11.6 Å². The fourth-order valence-electron chi connectivity index (χ4n) is 2.46. The number of piperazine rings is 1. The van der Waals surface area contributed by atoms with Gasteiger partial charge in [-0.15, -0.1) is 0 Å². The first-order chi connectivity index (χ1) is 9.72. The number of aromatic nitrogens is 1. The van der Waals surface area contributed by atoms with Crippen LogP contribution >= 0.6 is 0 Å². The van der Waals surface area contributed by atoms with Crippen molar-refractivity contribution in [2.24, 2.45) is 0 Å². The monoisotopic (exact) mass is 272 g/mol. The highest BCUT2D eigenvalue weighted by Crippen LogP contribution is 2.20. The van der Waals surface area contributed by atoms with Crippen molar-refractivity contribution in [1.29, 1.82) is 0 Å². The van der Waals surface area contributed by atoms with Gasteiger partial charge < -0.3 is 15.5 Å². The van der Waals surface area contributed by atoms with Crippen molar-refractivity contribution in [2.75, 3.05) is 41.7 Å². The predicted octanol–water partition coefficient (Wildman–Crippen LogP) is 2.13. The van der Waals surface area contributed by atoms with Crippen molar-refractivity contribution in [1.82, 2.24) is 4.98 Å². The second kappa shape index (κ2) is 5.36. The van der Waals surface area contributed by atoms with E-state index in [4.69, 9.17) is 5.73 Å². The molecule has 0 unspecified atom stereocenters. The van der Waals surface area contributed by atoms with Crippen LogP contribution in [0.3, 0.4) is 0 Å². The SMILES string of the molecule is Nc1ccc(N2CCN(c3ccc(F)cc3)CC2)cn1. The maximum Gasteiger partial charge on any atom is 0.123 e. The first-order valence-corrected chi connectivity index (χ1v) is 6.69. The Labute approximate surface area is 117 Å². The summed E-state index contributed by atoms with van der Waals surface area (Å²) in [6.45, 7) is 3.66. The molecule has 2 N–H and O–H groups in total. The molecular weight excluding hydrogens is 255 g/mol. The lowest BCUT2D eigenvalue weighted by molar-refractivity contribution is 0.624. The molecule has 1 aromatic carbocycles. The molecule has 0 aliphatic carbocycles. The summed E-state index contributed by atoms with van der Waals surface area (Å²) in [5.41, 5.74) is 7.76. The van der Waals surface area contributed by atoms with Gasteiger partial charge in [-0.3, -0.25) is 0 Å². The average Bonchev–Trinajstić information content (AvgIpc) is 2.49. The third kappa shape index (κ3) is 2.66. The van der Waals surface area contributed by atoms with Crippen molar-refractivity contribution in [2.45, 2.75) is 0 Å². The van der Waals surface area contributed by atoms with E-state index < -0.39 is 0 Å². The molecule has 20 heavy (non-hydrogen) atoms. The Morgan fingerprint density at radius 3 is 1.95 bits per heavy atom. The number of nitrogen functional groups attached to an aromatic ring is 1. The minimum atomic E-state index is -0.194. The Morgan fingerprint density at radius 2 is 1.40 bits per heavy atom. The number of pyridine rings is 1. The zero-order valence-corrected chi connectivity index (χ0v) is 11.2. The van der Waals surface area contributed by atoms with Gasteiger partial charge in [0, 0.05) is 31.9 Å². The third-order valence-corrected chi connectivity index (χ3v) is 3.61. The van der Waals surface area contributed by atoms with Crippen LogP contribution in [0.4, 0.5) is 21.6 Å². The van der Waals surface area contributed by atoms with Gasteiger partial charge in [-0.1, -0.05) is 0 Å². The van der Waals surface area contributed by atoms with E-state index in [1.165, 1.54) is 12.1 Å². The summed E-state index contributed by atoms with van der Waals surface area (Å²) in [5, 5.41) is 0. The number of benzene rings is 1. The standard InChI is InChI=1S/C15H17FN4/c16-12-1-3-13(4-2-12)19-7-9-20(10-8-19)14-5-6-15(17)18-11-14/h1-6,11H,7-10H2,(H2,17,18). The molecule has 1 aliphatic rings. The highest BCUT2D eigenvalue weighted by molar-refractivity contribution is 5.52. The summed E-state index contributed by atoms with van der Waals surface area (Å²) >= 11 is 0. The normalized spacial score (nSPS) is 15.4. The number of halogens is 1. The lowest BCUT2D eigenvalue weighted by atomic mass is 10.2. The Bertz CT molecular complexity index is 506. The first kappa shape index (κ1) is 12.7. The molecule has 1 saturated heterocycles. The molecule has 104 valence electrons. The average molecular weight is 272 g/mol. The molecule has 1 aliphatic heterocycles. The Morgan fingerprint density at radius 1 is 0.850 bits per heavy atom. The van der Waals surface area contributed by atoms with Crippen LogP contribution in [-0.4, -0.2) is 31.2 Å². The molecule has 5 heteroatoms. The second-order valence-corrected chi connectivity index (χ2v) is 4.89. The third-order valence-electron chi connectivity index (χ3n) is 3.61. The van der Waals surface area contributed by atoms with E-state index in [0.29, 0.717) is 5.82 Å². The molecule has 0 radical (unpaired) electrons. The minimum absolute atomic E-state index is 0.194. The van der Waals surface area contributed by atoms with Gasteiger partial charge >= 0.3 is 0 Å². The fourth-order valence-corrected chi connectivity index (χ4v) is 2.46. The molecule has 2 heterocycles. The molecule has 0 amide bonds. The van der Waals surface area contributed by atoms with E-state index >= 15 is 0 Å². The van der Waals surface area contributed by atoms with E-state index in [1.807, 2.05) is 30.5 Å². The number of hydrogen-bond acceptors (Lipinski definition) is 4. The summed E-state index contributed by atoms with van der Waals surface area (Å²) in [6, 6.07) is 10.5. The zero-order valence-electron chi connectivity index (χ0n) is 11.2. The molecule has 4 nitrogen and oxygen atoms in total. The predicted molar refractivity (Wildman–Crippen MR) is 79.5 cm³/mol. The van der Waals surface area contributed by atoms with Gasteiger partial charge in [0.05, 0.1) is 11.9 Å². The van der Waals surface area contributed by atoms with Crippen LogP contribution in [-0.2, 0) is 0 Å². The molecule has 1 fully saturated rings. The van der Waals surface area contributed by atoms with E-state index in [9.17, 15) is 4.39 Å². The van der Waals surface area contributed by atoms with Crippen molar-refractivity contribution in [3.63, 3.8) is 0 Å². The zero-order chi connectivity index (χ0) is 13.9. The van der Waals surface area contributed by atoms with Gasteiger partial charge in [-0.05, 0) is 36.4 Å². The molecule has 0 bridgehead atoms. The summed E-state index contributed by atoms with van der Waals surface area (Å²) in [5.74, 6) is 0.346. The number of nitrogens with two attached hydrogens (primary N) is 1. The highest BCUT2D eigenvalue weighted by atomic mass is 19.1. The molecule has 2 aromatic rings. The van der Waals surface area contributed by atoms with E-state index in [1.54, 1.807) is 0 Å². The van der Waals surface area contributed by atoms with Crippen LogP contribution in [0, 0.1) is 5.82 Å². The summed E-state index contributed by atoms with van der Waals surface area (Å²) in [4.78, 5) is 8.67. The molecule has 3 rings (SSSR count). The molecule has 1 aromatic heterocycles. The van der Waals surface area contributed by atoms with Gasteiger partial charge in [0.25, 0.3) is 0 Å². The lowest BCUT2D eigenvalue weighted by Crippen LogP contribution is -2.46. The maximum absolute atomic E-state index is 12.9. The first-order valence-electron chi connectivity index (χ1n) is 6.69. The van der Waals surface area contributed by atoms with Crippen molar-refractivity contribution < 1.29 is 4.39 Å². The topological polar surface area (TPSA) is 45.4 Å². The van der Waals surface area contributed by atoms with Crippen LogP contribution in [0.1, 0.15) is 0 Å². The van der Waals surface area contributed by atoms with Gasteiger partial charge in [0.2, 0.25) is 0 Å². The lowest BCUT2D eigenvalue weighted by Gasteiger charge is -2.37. The largest absolute Gasteiger partial charge is 0.384 e. The van der Waals surface area contributed by atoms with Crippen LogP contribution < -0.4 is 15.5 Å². The summed E-state index contributed by atoms with van der Waals surface area (Å²) in [6.07, 6.45) is 1.81. The van der Waals surface area contributed by atoms with Crippen LogP contribution in [0.2, 0.25) is 0 Å². The van der Waals surface area contributed by atoms with Gasteiger partial charge in [-0.25, -0.2) is 9.37 Å². The Balaban J connectivity index is 1.64. The maximum atomic E-state index is 12.9. The van der Waals surface area contributed by atoms with Gasteiger partial charge in [0.15, 0.2) is 0 Å². The molecule has 0 atom stereocenters. The molecular formula is C15H17FN4. The van der Waals surface area contributed by atoms with Crippen molar-refractivity contribution in [3.05, 3.63) is 48.4 Å². The number of rotatable bonds is 2. The smallest absolute Gasteiger partial charge is 0.123 e. The minimum Gasteiger partial charge on any atom is -0.384 e. The van der Waals surface area contributed by atoms with E-state index in [-0.39, 0.29) is 5.82 Å². The van der Waals surface area contributed by atoms with Crippen LogP contribution in [0.25, 0.3) is 0 Å². The molecule has 0 saturated carbocycles. The van der Waals surface area contributed by atoms with E-state index in [0.717, 1.165) is 37.6 Å². The molecule has 0 spiro atoms. The van der Waals surface area contributed by atoms with E-state index in [2.05, 4.69) is 14.8 Å². The number of anilines is 3. The summed E-state index contributed by atoms with van der Waals surface area (Å²) < 4.78 is 12.9. The van der Waals surface area contributed by atoms with Gasteiger partial charge in [-0.2, -0.15) is 0 Å². The van der Waals surface area contributed by atoms with Crippen LogP contribution in [0.15, 0.2) is 42.6 Å². The quantitative estimate of drug-likeness (QED) is 0.909. The number of nitrogens with zero attached hydrogens (tertiary/aromatic N) is 3. The Kier molecular flexibility index (Phi) is 3.41. The van der Waals surface area contributed by atoms with Crippen LogP contribution in [0.5, 0.6) is 0 Å². The highest BCUT2D eigenvalue weighted by Gasteiger charge is 2.17. The summed E-state index contributed by atoms with van der Waals surface area (Å²) in [7, 11) is 0. The fraction of sp³-hybridized carbons (Fsp3) is 0.267. The van der Waals surface area contributed by atoms with Crippen molar-refractivity contribution in [3.8, 4) is 0 Å². The Hall–Kier alpha value is -2.30. The van der Waals surface area contributed by atoms with Crippen molar-refractivity contribution >= 4 is 17.2 Å². The number of hydrogen-bond donors (Lipinski definition) is 1.